The van der Waals surface area contributed by atoms with E-state index in [0.717, 1.165) is 12.1 Å². The number of fused-ring (bicyclic) bond motifs is 1. The highest BCUT2D eigenvalue weighted by Crippen LogP contribution is 2.33. The van der Waals surface area contributed by atoms with Gasteiger partial charge in [-0.15, -0.1) is 4.98 Å². The number of hydrogen-bond acceptors (Lipinski definition) is 2. The van der Waals surface area contributed by atoms with Crippen LogP contribution in [-0.2, 0) is 6.18 Å². The van der Waals surface area contributed by atoms with Crippen LogP contribution in [0.1, 0.15) is 5.56 Å². The molecule has 0 aliphatic heterocycles. The molecule has 1 aromatic carbocycles. The van der Waals surface area contributed by atoms with Gasteiger partial charge in [-0.2, -0.15) is 13.2 Å². The topological polar surface area (TPSA) is 34.5 Å². The first-order valence-electron chi connectivity index (χ1n) is 5.98. The van der Waals surface area contributed by atoms with Crippen molar-refractivity contribution >= 4 is 11.5 Å². The lowest BCUT2D eigenvalue weighted by Gasteiger charge is -2.08. The van der Waals surface area contributed by atoms with Gasteiger partial charge in [-0.25, -0.2) is 9.37 Å². The van der Waals surface area contributed by atoms with Crippen LogP contribution in [0.3, 0.4) is 0 Å². The van der Waals surface area contributed by atoms with Crippen molar-refractivity contribution < 1.29 is 17.6 Å². The zero-order valence-corrected chi connectivity index (χ0v) is 10.8. The summed E-state index contributed by atoms with van der Waals surface area (Å²) >= 11 is 0. The van der Waals surface area contributed by atoms with Gasteiger partial charge < -0.3 is 9.25 Å². The highest BCUT2D eigenvalue weighted by atomic mass is 19.4. The Kier molecular flexibility index (Phi) is 3.06. The number of benzene rings is 1. The molecule has 0 amide bonds. The van der Waals surface area contributed by atoms with Crippen LogP contribution in [-0.4, -0.2) is 14.4 Å². The average molecular weight is 306 g/mol. The van der Waals surface area contributed by atoms with Crippen LogP contribution < -0.4 is 0 Å². The minimum atomic E-state index is -4.63. The molecule has 0 N–H and O–H groups in total. The summed E-state index contributed by atoms with van der Waals surface area (Å²) in [5.41, 5.74) is -0.958. The molecule has 4 nitrogen and oxygen atoms in total. The van der Waals surface area contributed by atoms with Crippen LogP contribution in [0.15, 0.2) is 36.8 Å². The Bertz CT molecular complexity index is 905. The lowest BCUT2D eigenvalue weighted by molar-refractivity contribution is -0.137. The first kappa shape index (κ1) is 14.0. The van der Waals surface area contributed by atoms with E-state index in [1.54, 1.807) is 0 Å². The van der Waals surface area contributed by atoms with Gasteiger partial charge in [0.05, 0.1) is 11.1 Å². The predicted molar refractivity (Wildman–Crippen MR) is 69.6 cm³/mol. The van der Waals surface area contributed by atoms with E-state index in [0.29, 0.717) is 6.07 Å². The van der Waals surface area contributed by atoms with E-state index in [1.807, 2.05) is 0 Å². The highest BCUT2D eigenvalue weighted by molar-refractivity contribution is 5.75. The summed E-state index contributed by atoms with van der Waals surface area (Å²) in [4.78, 5) is 11.1. The number of hydrogen-bond donors (Lipinski definition) is 0. The Morgan fingerprint density at radius 1 is 1.23 bits per heavy atom. The summed E-state index contributed by atoms with van der Waals surface area (Å²) in [5, 5.41) is 0. The van der Waals surface area contributed by atoms with Crippen LogP contribution >= 0.6 is 0 Å². The Labute approximate surface area is 121 Å². The molecule has 3 rings (SSSR count). The van der Waals surface area contributed by atoms with Crippen LogP contribution in [0.2, 0.25) is 0 Å². The van der Waals surface area contributed by atoms with E-state index in [-0.39, 0.29) is 22.7 Å². The monoisotopic (exact) mass is 306 g/mol. The quantitative estimate of drug-likeness (QED) is 0.501. The minimum absolute atomic E-state index is 0.0141. The number of imidazole rings is 1. The second-order valence-corrected chi connectivity index (χ2v) is 4.41. The smallest absolute Gasteiger partial charge is 0.359 e. The molecule has 2 heterocycles. The van der Waals surface area contributed by atoms with E-state index in [9.17, 15) is 17.6 Å². The Balaban J connectivity index is 2.24. The van der Waals surface area contributed by atoms with E-state index >= 15 is 0 Å². The van der Waals surface area contributed by atoms with Crippen LogP contribution in [0.4, 0.5) is 23.4 Å². The molecule has 0 aliphatic rings. The molecular weight excluding hydrogens is 300 g/mol. The van der Waals surface area contributed by atoms with Gasteiger partial charge in [0, 0.05) is 18.6 Å². The number of aromatic nitrogens is 3. The third kappa shape index (κ3) is 2.26. The molecule has 8 heteroatoms. The Morgan fingerprint density at radius 2 is 2.00 bits per heavy atom. The summed E-state index contributed by atoms with van der Waals surface area (Å²) < 4.78 is 53.3. The van der Waals surface area contributed by atoms with Gasteiger partial charge in [-0.05, 0) is 18.2 Å². The van der Waals surface area contributed by atoms with Crippen molar-refractivity contribution in [1.29, 1.82) is 0 Å². The lowest BCUT2D eigenvalue weighted by atomic mass is 10.1. The molecule has 110 valence electrons. The molecule has 0 fully saturated rings. The van der Waals surface area contributed by atoms with Crippen LogP contribution in [0.25, 0.3) is 21.7 Å². The van der Waals surface area contributed by atoms with Crippen molar-refractivity contribution in [2.24, 2.45) is 0 Å². The number of nitrogens with zero attached hydrogens (tertiary/aromatic N) is 4. The molecule has 22 heavy (non-hydrogen) atoms. The maximum absolute atomic E-state index is 14.1. The summed E-state index contributed by atoms with van der Waals surface area (Å²) in [5.74, 6) is -1.09. The standard InChI is InChI=1S/C14H6F4N4/c1-19-11-7-22-5-4-20-13(22)12(21-11)9-3-2-8(6-10(9)15)14(16,17)18/h2-7H. The van der Waals surface area contributed by atoms with E-state index in [4.69, 9.17) is 6.57 Å². The maximum Gasteiger partial charge on any atom is 0.416 e. The zero-order valence-electron chi connectivity index (χ0n) is 10.8. The molecule has 0 spiro atoms. The molecule has 0 unspecified atom stereocenters. The molecule has 3 aromatic rings. The molecule has 0 saturated heterocycles. The number of rotatable bonds is 1. The second kappa shape index (κ2) is 4.80. The molecule has 0 radical (unpaired) electrons. The average Bonchev–Trinajstić information content (AvgIpc) is 2.93. The van der Waals surface area contributed by atoms with Gasteiger partial charge in [0.15, 0.2) is 5.65 Å². The SMILES string of the molecule is [C-]#[N+]c1cn2ccnc2c(-c2ccc(C(F)(F)F)cc2F)n1. The van der Waals surface area contributed by atoms with Gasteiger partial charge in [-0.3, -0.25) is 0 Å². The fourth-order valence-corrected chi connectivity index (χ4v) is 2.04. The first-order chi connectivity index (χ1) is 10.4. The lowest BCUT2D eigenvalue weighted by Crippen LogP contribution is -2.06. The van der Waals surface area contributed by atoms with E-state index < -0.39 is 17.6 Å². The van der Waals surface area contributed by atoms with Crippen LogP contribution in [0, 0.1) is 12.4 Å². The van der Waals surface area contributed by atoms with Crippen molar-refractivity contribution in [3.8, 4) is 11.3 Å². The molecule has 0 saturated carbocycles. The zero-order chi connectivity index (χ0) is 15.9. The summed E-state index contributed by atoms with van der Waals surface area (Å²) in [6.45, 7) is 6.99. The van der Waals surface area contributed by atoms with Gasteiger partial charge in [0.2, 0.25) is 5.69 Å². The highest BCUT2D eigenvalue weighted by Gasteiger charge is 2.32. The van der Waals surface area contributed by atoms with E-state index in [2.05, 4.69) is 14.8 Å². The molecule has 0 bridgehead atoms. The minimum Gasteiger partial charge on any atom is -0.359 e. The third-order valence-electron chi connectivity index (χ3n) is 3.03. The first-order valence-corrected chi connectivity index (χ1v) is 5.98. The second-order valence-electron chi connectivity index (χ2n) is 4.41. The van der Waals surface area contributed by atoms with Crippen LogP contribution in [0.5, 0.6) is 0 Å². The Hall–Kier alpha value is -2.95. The molecular formula is C14H6F4N4. The largest absolute Gasteiger partial charge is 0.416 e. The van der Waals surface area contributed by atoms with Gasteiger partial charge in [-0.1, -0.05) is 6.57 Å². The fraction of sp³-hybridized carbons (Fsp3) is 0.0714. The maximum atomic E-state index is 14.1. The fourth-order valence-electron chi connectivity index (χ4n) is 2.04. The van der Waals surface area contributed by atoms with Crippen molar-refractivity contribution in [3.05, 3.63) is 59.6 Å². The number of alkyl halides is 3. The summed E-state index contributed by atoms with van der Waals surface area (Å²) in [6.07, 6.45) is -0.262. The van der Waals surface area contributed by atoms with Gasteiger partial charge in [0.25, 0.3) is 5.82 Å². The van der Waals surface area contributed by atoms with Gasteiger partial charge >= 0.3 is 6.18 Å². The van der Waals surface area contributed by atoms with Crippen molar-refractivity contribution in [3.63, 3.8) is 0 Å². The van der Waals surface area contributed by atoms with Gasteiger partial charge in [0.1, 0.15) is 5.82 Å². The third-order valence-corrected chi connectivity index (χ3v) is 3.03. The van der Waals surface area contributed by atoms with E-state index in [1.165, 1.54) is 23.0 Å². The van der Waals surface area contributed by atoms with Crippen molar-refractivity contribution in [1.82, 2.24) is 14.4 Å². The summed E-state index contributed by atoms with van der Waals surface area (Å²) in [7, 11) is 0. The van der Waals surface area contributed by atoms with Crippen molar-refractivity contribution in [2.45, 2.75) is 6.18 Å². The number of halogens is 4. The normalized spacial score (nSPS) is 11.6. The molecule has 2 aromatic heterocycles. The molecule has 0 aliphatic carbocycles. The summed E-state index contributed by atoms with van der Waals surface area (Å²) in [6, 6.07) is 2.16. The predicted octanol–water partition coefficient (Wildman–Crippen LogP) is 4.10. The van der Waals surface area contributed by atoms with Crippen molar-refractivity contribution in [2.75, 3.05) is 0 Å². The Morgan fingerprint density at radius 3 is 2.64 bits per heavy atom. The molecule has 0 atom stereocenters.